The van der Waals surface area contributed by atoms with Crippen molar-refractivity contribution in [2.45, 2.75) is 40.2 Å². The Bertz CT molecular complexity index is 154. The van der Waals surface area contributed by atoms with Gasteiger partial charge in [0.25, 0.3) is 0 Å². The van der Waals surface area contributed by atoms with Gasteiger partial charge in [0.15, 0.2) is 0 Å². The molecule has 0 heterocycles. The molecule has 2 nitrogen and oxygen atoms in total. The Hall–Kier alpha value is -0.340. The van der Waals surface area contributed by atoms with Crippen LogP contribution in [0, 0.1) is 5.92 Å². The Morgan fingerprint density at radius 1 is 1.43 bits per heavy atom. The van der Waals surface area contributed by atoms with Crippen LogP contribution in [0.25, 0.3) is 0 Å². The predicted octanol–water partition coefficient (Wildman–Crippen LogP) is 2.60. The van der Waals surface area contributed by atoms with Gasteiger partial charge in [0, 0.05) is 6.54 Å². The summed E-state index contributed by atoms with van der Waals surface area (Å²) in [4.78, 5) is 0. The largest absolute Gasteiger partial charge is 0.376 e. The maximum Gasteiger partial charge on any atom is 0.0722 e. The standard InChI is InChI=1S/C12H25NO/c1-6-13-9-12(11(4)5)14-8-7-10(2)3/h11-13H,2,6-9H2,1,3-5H3. The summed E-state index contributed by atoms with van der Waals surface area (Å²) in [5, 5.41) is 3.32. The van der Waals surface area contributed by atoms with Crippen molar-refractivity contribution < 1.29 is 4.74 Å². The molecule has 0 aromatic rings. The summed E-state index contributed by atoms with van der Waals surface area (Å²) in [6, 6.07) is 0. The monoisotopic (exact) mass is 199 g/mol. The zero-order valence-corrected chi connectivity index (χ0v) is 10.1. The van der Waals surface area contributed by atoms with Crippen molar-refractivity contribution in [1.82, 2.24) is 5.32 Å². The quantitative estimate of drug-likeness (QED) is 0.607. The molecule has 0 aliphatic rings. The number of likely N-dealkylation sites (N-methyl/N-ethyl adjacent to an activating group) is 1. The van der Waals surface area contributed by atoms with E-state index in [1.807, 2.05) is 6.92 Å². The molecule has 0 aromatic heterocycles. The van der Waals surface area contributed by atoms with Crippen molar-refractivity contribution in [3.05, 3.63) is 12.2 Å². The van der Waals surface area contributed by atoms with Crippen LogP contribution in [0.5, 0.6) is 0 Å². The van der Waals surface area contributed by atoms with E-state index >= 15 is 0 Å². The van der Waals surface area contributed by atoms with Gasteiger partial charge in [-0.2, -0.15) is 0 Å². The highest BCUT2D eigenvalue weighted by Gasteiger charge is 2.12. The third kappa shape index (κ3) is 7.10. The zero-order chi connectivity index (χ0) is 11.0. The number of hydrogen-bond acceptors (Lipinski definition) is 2. The topological polar surface area (TPSA) is 21.3 Å². The van der Waals surface area contributed by atoms with E-state index in [0.29, 0.717) is 12.0 Å². The van der Waals surface area contributed by atoms with Gasteiger partial charge in [-0.15, -0.1) is 6.58 Å². The van der Waals surface area contributed by atoms with Crippen LogP contribution in [0.15, 0.2) is 12.2 Å². The molecule has 0 aromatic carbocycles. The molecule has 84 valence electrons. The van der Waals surface area contributed by atoms with Crippen LogP contribution in [-0.2, 0) is 4.74 Å². The minimum Gasteiger partial charge on any atom is -0.376 e. The summed E-state index contributed by atoms with van der Waals surface area (Å²) >= 11 is 0. The first-order chi connectivity index (χ1) is 6.57. The molecule has 14 heavy (non-hydrogen) atoms. The van der Waals surface area contributed by atoms with Crippen LogP contribution < -0.4 is 5.32 Å². The Morgan fingerprint density at radius 2 is 2.07 bits per heavy atom. The van der Waals surface area contributed by atoms with Crippen molar-refractivity contribution in [3.8, 4) is 0 Å². The molecule has 2 heteroatoms. The van der Waals surface area contributed by atoms with Crippen LogP contribution in [0.2, 0.25) is 0 Å². The molecule has 0 aliphatic heterocycles. The first-order valence-corrected chi connectivity index (χ1v) is 5.54. The van der Waals surface area contributed by atoms with E-state index < -0.39 is 0 Å². The van der Waals surface area contributed by atoms with E-state index in [2.05, 4.69) is 32.7 Å². The molecule has 0 saturated heterocycles. The van der Waals surface area contributed by atoms with E-state index in [1.54, 1.807) is 0 Å². The molecule has 0 aliphatic carbocycles. The summed E-state index contributed by atoms with van der Waals surface area (Å²) in [5.74, 6) is 0.569. The van der Waals surface area contributed by atoms with Gasteiger partial charge >= 0.3 is 0 Å². The fourth-order valence-corrected chi connectivity index (χ4v) is 1.16. The average molecular weight is 199 g/mol. The van der Waals surface area contributed by atoms with Crippen molar-refractivity contribution in [2.24, 2.45) is 5.92 Å². The van der Waals surface area contributed by atoms with Gasteiger partial charge in [-0.1, -0.05) is 26.3 Å². The molecule has 0 radical (unpaired) electrons. The third-order valence-electron chi connectivity index (χ3n) is 2.20. The number of hydrogen-bond donors (Lipinski definition) is 1. The van der Waals surface area contributed by atoms with E-state index in [1.165, 1.54) is 5.57 Å². The molecule has 0 spiro atoms. The maximum absolute atomic E-state index is 5.79. The highest BCUT2D eigenvalue weighted by molar-refractivity contribution is 4.87. The summed E-state index contributed by atoms with van der Waals surface area (Å²) in [7, 11) is 0. The summed E-state index contributed by atoms with van der Waals surface area (Å²) in [6.45, 7) is 15.2. The van der Waals surface area contributed by atoms with Crippen molar-refractivity contribution in [2.75, 3.05) is 19.7 Å². The average Bonchev–Trinajstić information content (AvgIpc) is 2.09. The fraction of sp³-hybridized carbons (Fsp3) is 0.833. The highest BCUT2D eigenvalue weighted by atomic mass is 16.5. The van der Waals surface area contributed by atoms with Crippen LogP contribution in [0.1, 0.15) is 34.1 Å². The van der Waals surface area contributed by atoms with Crippen LogP contribution >= 0.6 is 0 Å². The molecule has 0 amide bonds. The molecular formula is C12H25NO. The van der Waals surface area contributed by atoms with E-state index in [9.17, 15) is 0 Å². The van der Waals surface area contributed by atoms with Gasteiger partial charge in [0.2, 0.25) is 0 Å². The number of ether oxygens (including phenoxy) is 1. The Kier molecular flexibility index (Phi) is 7.81. The second kappa shape index (κ2) is 8.01. The second-order valence-corrected chi connectivity index (χ2v) is 4.17. The van der Waals surface area contributed by atoms with Gasteiger partial charge in [-0.05, 0) is 25.8 Å². The summed E-state index contributed by atoms with van der Waals surface area (Å²) < 4.78 is 5.79. The lowest BCUT2D eigenvalue weighted by Gasteiger charge is -2.21. The lowest BCUT2D eigenvalue weighted by molar-refractivity contribution is 0.0251. The van der Waals surface area contributed by atoms with Crippen molar-refractivity contribution in [3.63, 3.8) is 0 Å². The molecule has 0 fully saturated rings. The Balaban J connectivity index is 3.67. The minimum atomic E-state index is 0.328. The molecule has 1 unspecified atom stereocenters. The lowest BCUT2D eigenvalue weighted by atomic mass is 10.1. The molecular weight excluding hydrogens is 174 g/mol. The van der Waals surface area contributed by atoms with E-state index in [4.69, 9.17) is 4.74 Å². The maximum atomic E-state index is 5.79. The van der Waals surface area contributed by atoms with E-state index in [0.717, 1.165) is 26.1 Å². The Morgan fingerprint density at radius 3 is 2.50 bits per heavy atom. The van der Waals surface area contributed by atoms with Crippen molar-refractivity contribution >= 4 is 0 Å². The zero-order valence-electron chi connectivity index (χ0n) is 10.1. The van der Waals surface area contributed by atoms with Gasteiger partial charge in [-0.25, -0.2) is 0 Å². The summed E-state index contributed by atoms with van der Waals surface area (Å²) in [6.07, 6.45) is 1.30. The minimum absolute atomic E-state index is 0.328. The third-order valence-corrected chi connectivity index (χ3v) is 2.20. The van der Waals surface area contributed by atoms with Crippen molar-refractivity contribution in [1.29, 1.82) is 0 Å². The Labute approximate surface area is 88.7 Å². The second-order valence-electron chi connectivity index (χ2n) is 4.17. The van der Waals surface area contributed by atoms with Gasteiger partial charge in [-0.3, -0.25) is 0 Å². The SMILES string of the molecule is C=C(C)CCOC(CNCC)C(C)C. The molecule has 1 N–H and O–H groups in total. The van der Waals surface area contributed by atoms with Crippen LogP contribution in [-0.4, -0.2) is 25.8 Å². The lowest BCUT2D eigenvalue weighted by Crippen LogP contribution is -2.33. The molecule has 0 saturated carbocycles. The van der Waals surface area contributed by atoms with Gasteiger partial charge < -0.3 is 10.1 Å². The van der Waals surface area contributed by atoms with Gasteiger partial charge in [0.1, 0.15) is 0 Å². The number of nitrogens with one attached hydrogen (secondary N) is 1. The van der Waals surface area contributed by atoms with Crippen LogP contribution in [0.4, 0.5) is 0 Å². The summed E-state index contributed by atoms with van der Waals surface area (Å²) in [5.41, 5.74) is 1.19. The normalized spacial score (nSPS) is 13.2. The highest BCUT2D eigenvalue weighted by Crippen LogP contribution is 2.07. The molecule has 0 bridgehead atoms. The molecule has 1 atom stereocenters. The fourth-order valence-electron chi connectivity index (χ4n) is 1.16. The smallest absolute Gasteiger partial charge is 0.0722 e. The molecule has 0 rings (SSSR count). The first-order valence-electron chi connectivity index (χ1n) is 5.54. The van der Waals surface area contributed by atoms with Gasteiger partial charge in [0.05, 0.1) is 12.7 Å². The van der Waals surface area contributed by atoms with E-state index in [-0.39, 0.29) is 0 Å². The first kappa shape index (κ1) is 13.7. The number of rotatable bonds is 8. The predicted molar refractivity (Wildman–Crippen MR) is 62.6 cm³/mol. The van der Waals surface area contributed by atoms with Crippen LogP contribution in [0.3, 0.4) is 0 Å².